The van der Waals surface area contributed by atoms with Gasteiger partial charge in [0.05, 0.1) is 4.90 Å². The second-order valence-corrected chi connectivity index (χ2v) is 5.29. The molecule has 16 heavy (non-hydrogen) atoms. The summed E-state index contributed by atoms with van der Waals surface area (Å²) in [6, 6.07) is 4.97. The highest BCUT2D eigenvalue weighted by Crippen LogP contribution is 2.30. The van der Waals surface area contributed by atoms with Crippen molar-refractivity contribution < 1.29 is 21.6 Å². The van der Waals surface area contributed by atoms with Gasteiger partial charge in [0.1, 0.15) is 0 Å². The fourth-order valence-corrected chi connectivity index (χ4v) is 2.12. The number of benzene rings is 1. The smallest absolute Gasteiger partial charge is 0.214 e. The molecule has 0 radical (unpaired) electrons. The van der Waals surface area contributed by atoms with Crippen LogP contribution in [0.5, 0.6) is 0 Å². The third-order valence-electron chi connectivity index (χ3n) is 2.05. The first-order chi connectivity index (χ1) is 7.29. The lowest BCUT2D eigenvalue weighted by Gasteiger charge is -2.09. The van der Waals surface area contributed by atoms with Gasteiger partial charge >= 0.3 is 5.51 Å². The Morgan fingerprint density at radius 1 is 1.25 bits per heavy atom. The molecule has 0 aliphatic rings. The minimum absolute atomic E-state index is 0.557. The van der Waals surface area contributed by atoms with Gasteiger partial charge in [0.15, 0.2) is 0 Å². The van der Waals surface area contributed by atoms with Crippen molar-refractivity contribution in [2.75, 3.05) is 0 Å². The molecule has 0 heterocycles. The standard InChI is InChI=1S/C10H11F3O2S/c1-2-4-8-5-3-6-9(7-8)16(14,15)10(11,12)13/h3,5-7H,2,4H2,1H3. The second-order valence-electron chi connectivity index (χ2n) is 3.35. The molecule has 0 saturated carbocycles. The summed E-state index contributed by atoms with van der Waals surface area (Å²) in [6.45, 7) is 1.87. The van der Waals surface area contributed by atoms with E-state index in [0.717, 1.165) is 18.6 Å². The van der Waals surface area contributed by atoms with Gasteiger partial charge in [-0.15, -0.1) is 0 Å². The second kappa shape index (κ2) is 4.45. The molecule has 2 nitrogen and oxygen atoms in total. The largest absolute Gasteiger partial charge is 0.501 e. The SMILES string of the molecule is CCCc1cccc(S(=O)(=O)C(F)(F)F)c1. The highest BCUT2D eigenvalue weighted by molar-refractivity contribution is 7.92. The van der Waals surface area contributed by atoms with Crippen LogP contribution in [-0.2, 0) is 16.3 Å². The monoisotopic (exact) mass is 252 g/mol. The number of alkyl halides is 3. The lowest BCUT2D eigenvalue weighted by Crippen LogP contribution is -2.23. The Hall–Kier alpha value is -1.04. The zero-order chi connectivity index (χ0) is 12.4. The summed E-state index contributed by atoms with van der Waals surface area (Å²) in [7, 11) is -5.22. The molecular formula is C10H11F3O2S. The summed E-state index contributed by atoms with van der Waals surface area (Å²) in [5, 5.41) is 0. The van der Waals surface area contributed by atoms with E-state index in [2.05, 4.69) is 0 Å². The van der Waals surface area contributed by atoms with Crippen LogP contribution in [0.1, 0.15) is 18.9 Å². The van der Waals surface area contributed by atoms with Crippen LogP contribution in [0.25, 0.3) is 0 Å². The fraction of sp³-hybridized carbons (Fsp3) is 0.400. The molecule has 0 saturated heterocycles. The maximum absolute atomic E-state index is 12.2. The molecule has 0 N–H and O–H groups in total. The van der Waals surface area contributed by atoms with Crippen molar-refractivity contribution in [3.63, 3.8) is 0 Å². The molecule has 1 aromatic rings. The van der Waals surface area contributed by atoms with Gasteiger partial charge in [-0.05, 0) is 24.1 Å². The molecule has 0 bridgehead atoms. The van der Waals surface area contributed by atoms with Gasteiger partial charge in [0, 0.05) is 0 Å². The maximum Gasteiger partial charge on any atom is 0.501 e. The number of hydrogen-bond acceptors (Lipinski definition) is 2. The highest BCUT2D eigenvalue weighted by atomic mass is 32.2. The molecule has 1 rings (SSSR count). The van der Waals surface area contributed by atoms with E-state index in [9.17, 15) is 21.6 Å². The predicted octanol–water partition coefficient (Wildman–Crippen LogP) is 2.93. The van der Waals surface area contributed by atoms with Crippen LogP contribution in [0.15, 0.2) is 29.2 Å². The van der Waals surface area contributed by atoms with Crippen molar-refractivity contribution in [1.29, 1.82) is 0 Å². The molecule has 0 atom stereocenters. The van der Waals surface area contributed by atoms with Gasteiger partial charge in [-0.2, -0.15) is 13.2 Å². The molecule has 90 valence electrons. The van der Waals surface area contributed by atoms with Crippen molar-refractivity contribution in [3.8, 4) is 0 Å². The third kappa shape index (κ3) is 2.55. The van der Waals surface area contributed by atoms with Gasteiger partial charge in [-0.25, -0.2) is 8.42 Å². The van der Waals surface area contributed by atoms with E-state index < -0.39 is 20.2 Å². The molecule has 0 unspecified atom stereocenters. The zero-order valence-electron chi connectivity index (χ0n) is 8.58. The fourth-order valence-electron chi connectivity index (χ4n) is 1.29. The van der Waals surface area contributed by atoms with Crippen LogP contribution in [0, 0.1) is 0 Å². The van der Waals surface area contributed by atoms with Gasteiger partial charge in [0.25, 0.3) is 9.84 Å². The molecule has 0 amide bonds. The van der Waals surface area contributed by atoms with Crippen molar-refractivity contribution in [1.82, 2.24) is 0 Å². The lowest BCUT2D eigenvalue weighted by atomic mass is 10.1. The molecule has 6 heteroatoms. The summed E-state index contributed by atoms with van der Waals surface area (Å²) < 4.78 is 58.9. The summed E-state index contributed by atoms with van der Waals surface area (Å²) in [6.07, 6.45) is 1.30. The average molecular weight is 252 g/mol. The van der Waals surface area contributed by atoms with Gasteiger partial charge < -0.3 is 0 Å². The Morgan fingerprint density at radius 3 is 2.38 bits per heavy atom. The summed E-state index contributed by atoms with van der Waals surface area (Å²) in [5.74, 6) is 0. The Kier molecular flexibility index (Phi) is 3.62. The number of halogens is 3. The Bertz CT molecular complexity index is 463. The van der Waals surface area contributed by atoms with E-state index in [-0.39, 0.29) is 0 Å². The normalized spacial score (nSPS) is 12.8. The Labute approximate surface area is 92.0 Å². The summed E-state index contributed by atoms with van der Waals surface area (Å²) in [4.78, 5) is -0.689. The molecule has 0 aliphatic carbocycles. The van der Waals surface area contributed by atoms with Crippen LogP contribution in [0.2, 0.25) is 0 Å². The minimum Gasteiger partial charge on any atom is -0.214 e. The summed E-state index contributed by atoms with van der Waals surface area (Å²) >= 11 is 0. The predicted molar refractivity (Wildman–Crippen MR) is 53.7 cm³/mol. The van der Waals surface area contributed by atoms with Crippen LogP contribution < -0.4 is 0 Å². The van der Waals surface area contributed by atoms with E-state index in [0.29, 0.717) is 12.0 Å². The molecule has 0 aromatic heterocycles. The third-order valence-corrected chi connectivity index (χ3v) is 3.54. The first-order valence-electron chi connectivity index (χ1n) is 4.69. The molecule has 0 aliphatic heterocycles. The van der Waals surface area contributed by atoms with E-state index in [1.807, 2.05) is 6.92 Å². The Morgan fingerprint density at radius 2 is 1.88 bits per heavy atom. The average Bonchev–Trinajstić information content (AvgIpc) is 2.17. The lowest BCUT2D eigenvalue weighted by molar-refractivity contribution is -0.0436. The van der Waals surface area contributed by atoms with Crippen molar-refractivity contribution >= 4 is 9.84 Å². The zero-order valence-corrected chi connectivity index (χ0v) is 9.40. The highest BCUT2D eigenvalue weighted by Gasteiger charge is 2.46. The quantitative estimate of drug-likeness (QED) is 0.828. The van der Waals surface area contributed by atoms with E-state index in [4.69, 9.17) is 0 Å². The van der Waals surface area contributed by atoms with Gasteiger partial charge in [-0.1, -0.05) is 25.5 Å². The molecule has 1 aromatic carbocycles. The van der Waals surface area contributed by atoms with E-state index in [1.165, 1.54) is 6.07 Å². The minimum atomic E-state index is -5.24. The first-order valence-corrected chi connectivity index (χ1v) is 6.17. The number of rotatable bonds is 3. The summed E-state index contributed by atoms with van der Waals surface area (Å²) in [5.41, 5.74) is -4.65. The van der Waals surface area contributed by atoms with Crippen molar-refractivity contribution in [2.24, 2.45) is 0 Å². The van der Waals surface area contributed by atoms with Crippen molar-refractivity contribution in [2.45, 2.75) is 30.2 Å². The van der Waals surface area contributed by atoms with E-state index in [1.54, 1.807) is 6.07 Å². The van der Waals surface area contributed by atoms with Crippen LogP contribution in [0.3, 0.4) is 0 Å². The molecule has 0 spiro atoms. The van der Waals surface area contributed by atoms with Crippen molar-refractivity contribution in [3.05, 3.63) is 29.8 Å². The maximum atomic E-state index is 12.2. The van der Waals surface area contributed by atoms with Crippen LogP contribution >= 0.6 is 0 Å². The first kappa shape index (κ1) is 13.0. The van der Waals surface area contributed by atoms with E-state index >= 15 is 0 Å². The number of hydrogen-bond donors (Lipinski definition) is 0. The molecule has 0 fully saturated rings. The van der Waals surface area contributed by atoms with Gasteiger partial charge in [-0.3, -0.25) is 0 Å². The Balaban J connectivity index is 3.20. The topological polar surface area (TPSA) is 34.1 Å². The van der Waals surface area contributed by atoms with Gasteiger partial charge in [0.2, 0.25) is 0 Å². The van der Waals surface area contributed by atoms with Crippen LogP contribution in [-0.4, -0.2) is 13.9 Å². The molecular weight excluding hydrogens is 241 g/mol. The number of aryl methyl sites for hydroxylation is 1. The van der Waals surface area contributed by atoms with Crippen LogP contribution in [0.4, 0.5) is 13.2 Å². The number of sulfone groups is 1.